The van der Waals surface area contributed by atoms with Gasteiger partial charge in [0.25, 0.3) is 0 Å². The lowest BCUT2D eigenvalue weighted by Gasteiger charge is -2.25. The van der Waals surface area contributed by atoms with Gasteiger partial charge in [-0.05, 0) is 31.0 Å². The number of benzene rings is 1. The van der Waals surface area contributed by atoms with Crippen molar-refractivity contribution in [3.05, 3.63) is 41.7 Å². The molecular formula is C17H23FN6O. The van der Waals surface area contributed by atoms with E-state index in [1.54, 1.807) is 19.4 Å². The molecule has 2 aromatic rings. The zero-order valence-corrected chi connectivity index (χ0v) is 14.5. The summed E-state index contributed by atoms with van der Waals surface area (Å²) < 4.78 is 21.0. The Bertz CT molecular complexity index is 744. The highest BCUT2D eigenvalue weighted by Gasteiger charge is 2.20. The number of aliphatic imine (C=N–C) groups is 1. The molecule has 0 saturated carbocycles. The highest BCUT2D eigenvalue weighted by Crippen LogP contribution is 2.18. The van der Waals surface area contributed by atoms with Gasteiger partial charge in [0.15, 0.2) is 17.5 Å². The fourth-order valence-electron chi connectivity index (χ4n) is 2.86. The molecule has 1 aliphatic heterocycles. The second kappa shape index (κ2) is 7.96. The molecule has 1 unspecified atom stereocenters. The predicted molar refractivity (Wildman–Crippen MR) is 93.0 cm³/mol. The minimum Gasteiger partial charge on any atom is -0.491 e. The molecule has 1 atom stereocenters. The Kier molecular flexibility index (Phi) is 5.47. The number of ether oxygens (including phenoxy) is 1. The van der Waals surface area contributed by atoms with Crippen molar-refractivity contribution in [1.82, 2.24) is 25.4 Å². The first kappa shape index (κ1) is 17.2. The first-order valence-corrected chi connectivity index (χ1v) is 8.44. The van der Waals surface area contributed by atoms with Crippen LogP contribution in [-0.4, -0.2) is 40.4 Å². The number of halogens is 1. The van der Waals surface area contributed by atoms with Gasteiger partial charge < -0.3 is 15.4 Å². The Hall–Kier alpha value is -2.64. The monoisotopic (exact) mass is 346 g/mol. The van der Waals surface area contributed by atoms with Gasteiger partial charge in [-0.15, -0.1) is 0 Å². The minimum atomic E-state index is -0.352. The van der Waals surface area contributed by atoms with Crippen molar-refractivity contribution >= 4 is 5.96 Å². The van der Waals surface area contributed by atoms with Gasteiger partial charge in [0.05, 0.1) is 13.2 Å². The maximum absolute atomic E-state index is 13.9. The molecule has 25 heavy (non-hydrogen) atoms. The van der Waals surface area contributed by atoms with E-state index in [0.717, 1.165) is 30.8 Å². The number of aromatic nitrogens is 3. The highest BCUT2D eigenvalue weighted by molar-refractivity contribution is 5.79. The molecule has 0 fully saturated rings. The van der Waals surface area contributed by atoms with Crippen LogP contribution in [-0.2, 0) is 19.5 Å². The van der Waals surface area contributed by atoms with Crippen LogP contribution in [0.5, 0.6) is 5.75 Å². The summed E-state index contributed by atoms with van der Waals surface area (Å²) in [5.41, 5.74) is 0.825. The SMILES string of the molecule is CCOc1ccc(CNC(=NC)NC2CCc3ncnn3C2)cc1F. The van der Waals surface area contributed by atoms with Crippen LogP contribution < -0.4 is 15.4 Å². The fourth-order valence-corrected chi connectivity index (χ4v) is 2.86. The van der Waals surface area contributed by atoms with Crippen LogP contribution in [0.25, 0.3) is 0 Å². The van der Waals surface area contributed by atoms with Crippen LogP contribution in [0.4, 0.5) is 4.39 Å². The van der Waals surface area contributed by atoms with Gasteiger partial charge in [0, 0.05) is 26.1 Å². The highest BCUT2D eigenvalue weighted by atomic mass is 19.1. The summed E-state index contributed by atoms with van der Waals surface area (Å²) in [6.45, 7) is 3.51. The largest absolute Gasteiger partial charge is 0.491 e. The van der Waals surface area contributed by atoms with Crippen molar-refractivity contribution in [2.45, 2.75) is 38.9 Å². The van der Waals surface area contributed by atoms with Gasteiger partial charge in [0.2, 0.25) is 0 Å². The Morgan fingerprint density at radius 2 is 2.36 bits per heavy atom. The molecule has 0 radical (unpaired) electrons. The summed E-state index contributed by atoms with van der Waals surface area (Å²) in [5, 5.41) is 10.8. The molecule has 2 N–H and O–H groups in total. The van der Waals surface area contributed by atoms with Crippen LogP contribution in [0.2, 0.25) is 0 Å². The zero-order chi connectivity index (χ0) is 17.6. The van der Waals surface area contributed by atoms with E-state index in [2.05, 4.69) is 25.7 Å². The molecule has 7 nitrogen and oxygen atoms in total. The van der Waals surface area contributed by atoms with Crippen molar-refractivity contribution in [2.24, 2.45) is 4.99 Å². The van der Waals surface area contributed by atoms with E-state index >= 15 is 0 Å². The molecule has 8 heteroatoms. The Labute approximate surface area is 146 Å². The second-order valence-corrected chi connectivity index (χ2v) is 5.86. The number of hydrogen-bond donors (Lipinski definition) is 2. The normalized spacial score (nSPS) is 17.1. The molecule has 0 saturated heterocycles. The van der Waals surface area contributed by atoms with Gasteiger partial charge in [0.1, 0.15) is 12.2 Å². The topological polar surface area (TPSA) is 76.4 Å². The molecule has 0 spiro atoms. The number of fused-ring (bicyclic) bond motifs is 1. The molecule has 1 aromatic heterocycles. The standard InChI is InChI=1S/C17H23FN6O/c1-3-25-15-6-4-12(8-14(15)18)9-20-17(19-2)23-13-5-7-16-21-11-22-24(16)10-13/h4,6,8,11,13H,3,5,7,9-10H2,1-2H3,(H2,19,20,23). The third-order valence-electron chi connectivity index (χ3n) is 4.13. The van der Waals surface area contributed by atoms with Gasteiger partial charge in [-0.2, -0.15) is 5.10 Å². The number of aryl methyl sites for hydroxylation is 1. The summed E-state index contributed by atoms with van der Waals surface area (Å²) >= 11 is 0. The van der Waals surface area contributed by atoms with Gasteiger partial charge in [-0.25, -0.2) is 14.1 Å². The van der Waals surface area contributed by atoms with Crippen molar-refractivity contribution in [1.29, 1.82) is 0 Å². The first-order valence-electron chi connectivity index (χ1n) is 8.44. The van der Waals surface area contributed by atoms with Crippen LogP contribution in [0.1, 0.15) is 24.7 Å². The van der Waals surface area contributed by atoms with E-state index in [-0.39, 0.29) is 17.6 Å². The molecule has 0 amide bonds. The zero-order valence-electron chi connectivity index (χ0n) is 14.5. The maximum atomic E-state index is 13.9. The van der Waals surface area contributed by atoms with Crippen LogP contribution in [0, 0.1) is 5.82 Å². The van der Waals surface area contributed by atoms with Crippen molar-refractivity contribution in [3.63, 3.8) is 0 Å². The van der Waals surface area contributed by atoms with E-state index in [1.165, 1.54) is 6.07 Å². The van der Waals surface area contributed by atoms with E-state index in [9.17, 15) is 4.39 Å². The number of hydrogen-bond acceptors (Lipinski definition) is 4. The number of guanidine groups is 1. The van der Waals surface area contributed by atoms with E-state index in [0.29, 0.717) is 19.1 Å². The second-order valence-electron chi connectivity index (χ2n) is 5.86. The minimum absolute atomic E-state index is 0.234. The lowest BCUT2D eigenvalue weighted by Crippen LogP contribution is -2.46. The maximum Gasteiger partial charge on any atom is 0.191 e. The lowest BCUT2D eigenvalue weighted by molar-refractivity contribution is 0.321. The molecule has 0 aliphatic carbocycles. The van der Waals surface area contributed by atoms with E-state index in [1.807, 2.05) is 17.7 Å². The molecule has 0 bridgehead atoms. The third-order valence-corrected chi connectivity index (χ3v) is 4.13. The quantitative estimate of drug-likeness (QED) is 0.634. The lowest BCUT2D eigenvalue weighted by atomic mass is 10.1. The molecule has 2 heterocycles. The van der Waals surface area contributed by atoms with Crippen molar-refractivity contribution in [3.8, 4) is 5.75 Å². The van der Waals surface area contributed by atoms with E-state index < -0.39 is 0 Å². The Morgan fingerprint density at radius 3 is 3.12 bits per heavy atom. The predicted octanol–water partition coefficient (Wildman–Crippen LogP) is 1.50. The van der Waals surface area contributed by atoms with Crippen LogP contribution >= 0.6 is 0 Å². The molecule has 3 rings (SSSR count). The van der Waals surface area contributed by atoms with Crippen molar-refractivity contribution in [2.75, 3.05) is 13.7 Å². The summed E-state index contributed by atoms with van der Waals surface area (Å²) in [4.78, 5) is 8.47. The van der Waals surface area contributed by atoms with E-state index in [4.69, 9.17) is 4.74 Å². The smallest absolute Gasteiger partial charge is 0.191 e. The van der Waals surface area contributed by atoms with Crippen LogP contribution in [0.3, 0.4) is 0 Å². The average Bonchev–Trinajstić information content (AvgIpc) is 3.08. The van der Waals surface area contributed by atoms with Gasteiger partial charge in [-0.3, -0.25) is 4.99 Å². The molecule has 1 aromatic carbocycles. The summed E-state index contributed by atoms with van der Waals surface area (Å²) in [6.07, 6.45) is 3.45. The number of nitrogens with one attached hydrogen (secondary N) is 2. The molecule has 1 aliphatic rings. The van der Waals surface area contributed by atoms with Crippen molar-refractivity contribution < 1.29 is 9.13 Å². The Balaban J connectivity index is 1.54. The summed E-state index contributed by atoms with van der Waals surface area (Å²) in [7, 11) is 1.72. The fraction of sp³-hybridized carbons (Fsp3) is 0.471. The summed E-state index contributed by atoms with van der Waals surface area (Å²) in [5.74, 6) is 1.63. The van der Waals surface area contributed by atoms with Crippen LogP contribution in [0.15, 0.2) is 29.5 Å². The third kappa shape index (κ3) is 4.26. The summed E-state index contributed by atoms with van der Waals surface area (Å²) in [6, 6.07) is 5.21. The average molecular weight is 346 g/mol. The van der Waals surface area contributed by atoms with Gasteiger partial charge in [-0.1, -0.05) is 6.07 Å². The van der Waals surface area contributed by atoms with Gasteiger partial charge >= 0.3 is 0 Å². The Morgan fingerprint density at radius 1 is 1.48 bits per heavy atom. The number of rotatable bonds is 5. The molecular weight excluding hydrogens is 323 g/mol. The first-order chi connectivity index (χ1) is 12.2. The molecule has 134 valence electrons. The number of nitrogens with zero attached hydrogens (tertiary/aromatic N) is 4.